The van der Waals surface area contributed by atoms with E-state index in [0.29, 0.717) is 15.1 Å². The van der Waals surface area contributed by atoms with E-state index in [1.165, 1.54) is 11.8 Å². The number of rotatable bonds is 2. The number of nitrogens with one attached hydrogen (secondary N) is 1. The first kappa shape index (κ1) is 15.3. The highest BCUT2D eigenvalue weighted by Gasteiger charge is 2.23. The molecule has 110 valence electrons. The minimum Gasteiger partial charge on any atom is -0.300 e. The summed E-state index contributed by atoms with van der Waals surface area (Å²) in [5.74, 6) is -0.143. The Morgan fingerprint density at radius 1 is 1.09 bits per heavy atom. The van der Waals surface area contributed by atoms with Crippen LogP contribution in [0, 0.1) is 0 Å². The lowest BCUT2D eigenvalue weighted by atomic mass is 10.2. The lowest BCUT2D eigenvalue weighted by Gasteiger charge is -1.96. The molecule has 0 atom stereocenters. The number of hydrogen-bond acceptors (Lipinski definition) is 3. The summed E-state index contributed by atoms with van der Waals surface area (Å²) in [7, 11) is 0. The summed E-state index contributed by atoms with van der Waals surface area (Å²) in [5, 5.41) is 4.01. The third-order valence-corrected chi connectivity index (χ3v) is 4.57. The molecule has 3 nitrogen and oxygen atoms in total. The fourth-order valence-corrected chi connectivity index (χ4v) is 3.06. The number of halogens is 2. The molecule has 0 saturated carbocycles. The minimum atomic E-state index is -0.143. The highest BCUT2D eigenvalue weighted by molar-refractivity contribution is 9.10. The molecule has 3 rings (SSSR count). The summed E-state index contributed by atoms with van der Waals surface area (Å²) in [5.41, 5.74) is 1.71. The molecular weight excluding hydrogens is 384 g/mol. The molecule has 1 N–H and O–H groups in total. The molecule has 0 spiro atoms. The van der Waals surface area contributed by atoms with Gasteiger partial charge in [0.05, 0.1) is 10.6 Å². The predicted molar refractivity (Wildman–Crippen MR) is 96.4 cm³/mol. The number of carbonyl (C=O) groups is 1. The third kappa shape index (κ3) is 3.80. The summed E-state index contributed by atoms with van der Waals surface area (Å²) < 4.78 is 0.989. The average molecular weight is 394 g/mol. The first-order valence-electron chi connectivity index (χ1n) is 6.41. The van der Waals surface area contributed by atoms with Gasteiger partial charge in [-0.3, -0.25) is 4.79 Å². The molecule has 1 heterocycles. The van der Waals surface area contributed by atoms with Gasteiger partial charge in [0.2, 0.25) is 0 Å². The van der Waals surface area contributed by atoms with Gasteiger partial charge in [0, 0.05) is 9.50 Å². The number of nitrogens with zero attached hydrogens (tertiary/aromatic N) is 1. The Balaban J connectivity index is 1.80. The number of carbonyl (C=O) groups excluding carboxylic acids is 1. The van der Waals surface area contributed by atoms with Gasteiger partial charge in [-0.15, -0.1) is 0 Å². The van der Waals surface area contributed by atoms with Crippen LogP contribution in [0.1, 0.15) is 5.56 Å². The second kappa shape index (κ2) is 6.69. The molecule has 2 aromatic carbocycles. The lowest BCUT2D eigenvalue weighted by molar-refractivity contribution is -0.115. The van der Waals surface area contributed by atoms with Crippen molar-refractivity contribution in [2.75, 3.05) is 0 Å². The zero-order valence-electron chi connectivity index (χ0n) is 11.2. The van der Waals surface area contributed by atoms with Gasteiger partial charge in [-0.1, -0.05) is 39.7 Å². The molecule has 1 aliphatic rings. The third-order valence-electron chi connectivity index (χ3n) is 2.88. The van der Waals surface area contributed by atoms with Crippen LogP contribution in [0.25, 0.3) is 6.08 Å². The van der Waals surface area contributed by atoms with Crippen LogP contribution in [-0.4, -0.2) is 11.1 Å². The molecule has 0 aliphatic carbocycles. The van der Waals surface area contributed by atoms with E-state index in [1.807, 2.05) is 42.5 Å². The Morgan fingerprint density at radius 2 is 1.77 bits per heavy atom. The molecule has 0 unspecified atom stereocenters. The molecule has 0 aromatic heterocycles. The number of aliphatic imine (C=N–C) groups is 1. The van der Waals surface area contributed by atoms with Crippen molar-refractivity contribution >= 4 is 62.1 Å². The van der Waals surface area contributed by atoms with Gasteiger partial charge in [0.15, 0.2) is 5.17 Å². The zero-order valence-corrected chi connectivity index (χ0v) is 14.4. The van der Waals surface area contributed by atoms with Crippen LogP contribution in [0.3, 0.4) is 0 Å². The normalized spacial score (nSPS) is 18.0. The SMILES string of the molecule is O=C1NC(=Nc2ccc(Br)cc2)S/C1=C/c1ccc(Cl)cc1. The largest absolute Gasteiger partial charge is 0.300 e. The maximum absolute atomic E-state index is 12.0. The monoisotopic (exact) mass is 392 g/mol. The maximum Gasteiger partial charge on any atom is 0.264 e. The van der Waals surface area contributed by atoms with Gasteiger partial charge in [0.25, 0.3) is 5.91 Å². The highest BCUT2D eigenvalue weighted by atomic mass is 79.9. The van der Waals surface area contributed by atoms with E-state index >= 15 is 0 Å². The Labute approximate surface area is 145 Å². The van der Waals surface area contributed by atoms with Crippen LogP contribution in [0.4, 0.5) is 5.69 Å². The number of amides is 1. The molecule has 1 amide bonds. The van der Waals surface area contributed by atoms with Crippen LogP contribution < -0.4 is 5.32 Å². The Kier molecular flexibility index (Phi) is 4.66. The zero-order chi connectivity index (χ0) is 15.5. The lowest BCUT2D eigenvalue weighted by Crippen LogP contribution is -2.19. The number of amidine groups is 1. The van der Waals surface area contributed by atoms with Crippen molar-refractivity contribution in [3.05, 3.63) is 68.5 Å². The van der Waals surface area contributed by atoms with Crippen molar-refractivity contribution in [3.63, 3.8) is 0 Å². The van der Waals surface area contributed by atoms with E-state index in [1.54, 1.807) is 12.1 Å². The van der Waals surface area contributed by atoms with E-state index in [-0.39, 0.29) is 5.91 Å². The number of benzene rings is 2. The molecule has 22 heavy (non-hydrogen) atoms. The van der Waals surface area contributed by atoms with E-state index in [4.69, 9.17) is 11.6 Å². The van der Waals surface area contributed by atoms with E-state index in [0.717, 1.165) is 15.7 Å². The molecule has 0 radical (unpaired) electrons. The van der Waals surface area contributed by atoms with E-state index in [9.17, 15) is 4.79 Å². The number of thioether (sulfide) groups is 1. The van der Waals surface area contributed by atoms with Crippen molar-refractivity contribution in [2.45, 2.75) is 0 Å². The van der Waals surface area contributed by atoms with Crippen molar-refractivity contribution in [2.24, 2.45) is 4.99 Å². The first-order chi connectivity index (χ1) is 10.6. The van der Waals surface area contributed by atoms with Gasteiger partial charge < -0.3 is 5.32 Å². The summed E-state index contributed by atoms with van der Waals surface area (Å²) in [4.78, 5) is 17.0. The van der Waals surface area contributed by atoms with Crippen LogP contribution in [0.15, 0.2) is 62.9 Å². The molecule has 1 saturated heterocycles. The predicted octanol–water partition coefficient (Wildman–Crippen LogP) is 4.99. The fraction of sp³-hybridized carbons (Fsp3) is 0. The summed E-state index contributed by atoms with van der Waals surface area (Å²) in [6.07, 6.45) is 1.82. The van der Waals surface area contributed by atoms with Crippen molar-refractivity contribution in [3.8, 4) is 0 Å². The molecule has 0 bridgehead atoms. The van der Waals surface area contributed by atoms with E-state index < -0.39 is 0 Å². The van der Waals surface area contributed by atoms with E-state index in [2.05, 4.69) is 26.2 Å². The minimum absolute atomic E-state index is 0.143. The van der Waals surface area contributed by atoms with Gasteiger partial charge >= 0.3 is 0 Å². The van der Waals surface area contributed by atoms with Crippen LogP contribution >= 0.6 is 39.3 Å². The summed E-state index contributed by atoms with van der Waals surface area (Å²) in [6.45, 7) is 0. The summed E-state index contributed by atoms with van der Waals surface area (Å²) in [6, 6.07) is 14.9. The van der Waals surface area contributed by atoms with Crippen LogP contribution in [-0.2, 0) is 4.79 Å². The Bertz CT molecular complexity index is 770. The average Bonchev–Trinajstić information content (AvgIpc) is 2.84. The highest BCUT2D eigenvalue weighted by Crippen LogP contribution is 2.28. The maximum atomic E-state index is 12.0. The second-order valence-electron chi connectivity index (χ2n) is 4.51. The number of hydrogen-bond donors (Lipinski definition) is 1. The standard InChI is InChI=1S/C16H10BrClN2OS/c17-11-3-7-13(8-4-11)19-16-20-15(21)14(22-16)9-10-1-5-12(18)6-2-10/h1-9H,(H,19,20,21)/b14-9+. The van der Waals surface area contributed by atoms with Crippen molar-refractivity contribution < 1.29 is 4.79 Å². The topological polar surface area (TPSA) is 41.5 Å². The van der Waals surface area contributed by atoms with Gasteiger partial charge in [0.1, 0.15) is 0 Å². The molecule has 1 fully saturated rings. The second-order valence-corrected chi connectivity index (χ2v) is 6.89. The fourth-order valence-electron chi connectivity index (χ4n) is 1.82. The first-order valence-corrected chi connectivity index (χ1v) is 8.40. The smallest absolute Gasteiger partial charge is 0.264 e. The van der Waals surface area contributed by atoms with Crippen molar-refractivity contribution in [1.82, 2.24) is 5.32 Å². The van der Waals surface area contributed by atoms with Crippen molar-refractivity contribution in [1.29, 1.82) is 0 Å². The van der Waals surface area contributed by atoms with Gasteiger partial charge in [-0.2, -0.15) is 0 Å². The Morgan fingerprint density at radius 3 is 2.45 bits per heavy atom. The van der Waals surface area contributed by atoms with Crippen LogP contribution in [0.5, 0.6) is 0 Å². The Hall–Kier alpha value is -1.56. The quantitative estimate of drug-likeness (QED) is 0.730. The molecule has 6 heteroatoms. The summed E-state index contributed by atoms with van der Waals surface area (Å²) >= 11 is 10.6. The van der Waals surface area contributed by atoms with Gasteiger partial charge in [-0.25, -0.2) is 4.99 Å². The van der Waals surface area contributed by atoms with Crippen LogP contribution in [0.2, 0.25) is 5.02 Å². The van der Waals surface area contributed by atoms with Gasteiger partial charge in [-0.05, 0) is 59.8 Å². The molecule has 2 aromatic rings. The molecular formula is C16H10BrClN2OS. The molecule has 1 aliphatic heterocycles.